The predicted molar refractivity (Wildman–Crippen MR) is 77.0 cm³/mol. The van der Waals surface area contributed by atoms with Gasteiger partial charge >= 0.3 is 0 Å². The molecule has 3 rings (SSSR count). The van der Waals surface area contributed by atoms with Gasteiger partial charge in [0.2, 0.25) is 5.91 Å². The van der Waals surface area contributed by atoms with E-state index in [1.165, 1.54) is 0 Å². The number of carbonyl (C=O) groups excluding carboxylic acids is 1. The molecule has 5 heteroatoms. The van der Waals surface area contributed by atoms with E-state index in [4.69, 9.17) is 5.73 Å². The van der Waals surface area contributed by atoms with Crippen molar-refractivity contribution in [1.82, 2.24) is 14.7 Å². The fourth-order valence-corrected chi connectivity index (χ4v) is 3.21. The van der Waals surface area contributed by atoms with E-state index < -0.39 is 0 Å². The Kier molecular flexibility index (Phi) is 3.78. The largest absolute Gasteiger partial charge is 0.331 e. The van der Waals surface area contributed by atoms with Gasteiger partial charge < -0.3 is 10.6 Å². The van der Waals surface area contributed by atoms with Crippen LogP contribution in [0.1, 0.15) is 57.1 Å². The third-order valence-corrected chi connectivity index (χ3v) is 4.31. The molecule has 1 aliphatic heterocycles. The zero-order chi connectivity index (χ0) is 14.1. The third kappa shape index (κ3) is 2.59. The van der Waals surface area contributed by atoms with E-state index in [9.17, 15) is 4.79 Å². The number of hydrogen-bond acceptors (Lipinski definition) is 3. The molecular weight excluding hydrogens is 252 g/mol. The molecule has 20 heavy (non-hydrogen) atoms. The van der Waals surface area contributed by atoms with Crippen LogP contribution >= 0.6 is 0 Å². The number of aryl methyl sites for hydroxylation is 1. The summed E-state index contributed by atoms with van der Waals surface area (Å²) in [4.78, 5) is 14.5. The quantitative estimate of drug-likeness (QED) is 0.912. The summed E-state index contributed by atoms with van der Waals surface area (Å²) >= 11 is 0. The van der Waals surface area contributed by atoms with Gasteiger partial charge in [0.25, 0.3) is 0 Å². The number of nitrogens with two attached hydrogens (primary N) is 1. The second-order valence-electron chi connectivity index (χ2n) is 6.07. The molecule has 0 bridgehead atoms. The van der Waals surface area contributed by atoms with Gasteiger partial charge in [-0.05, 0) is 32.1 Å². The molecule has 1 saturated carbocycles. The Balaban J connectivity index is 1.89. The Morgan fingerprint density at radius 2 is 2.20 bits per heavy atom. The SMILES string of the molecule is CCCn1cc(C2C(N)CCCC(=O)N2C2CC2)cn1. The van der Waals surface area contributed by atoms with Crippen molar-refractivity contribution in [3.8, 4) is 0 Å². The van der Waals surface area contributed by atoms with E-state index in [1.807, 2.05) is 10.9 Å². The molecule has 0 spiro atoms. The monoisotopic (exact) mass is 276 g/mol. The van der Waals surface area contributed by atoms with Gasteiger partial charge in [-0.3, -0.25) is 9.48 Å². The lowest BCUT2D eigenvalue weighted by Gasteiger charge is -2.33. The number of likely N-dealkylation sites (tertiary alicyclic amines) is 1. The van der Waals surface area contributed by atoms with Crippen molar-refractivity contribution in [2.75, 3.05) is 0 Å². The van der Waals surface area contributed by atoms with E-state index in [-0.39, 0.29) is 18.0 Å². The number of rotatable bonds is 4. The Morgan fingerprint density at radius 1 is 1.40 bits per heavy atom. The number of aromatic nitrogens is 2. The molecule has 1 aromatic rings. The zero-order valence-corrected chi connectivity index (χ0v) is 12.2. The average Bonchev–Trinajstić information content (AvgIpc) is 3.17. The van der Waals surface area contributed by atoms with Crippen LogP contribution in [0.2, 0.25) is 0 Å². The van der Waals surface area contributed by atoms with E-state index in [2.05, 4.69) is 23.1 Å². The maximum Gasteiger partial charge on any atom is 0.223 e. The Labute approximate surface area is 120 Å². The second-order valence-corrected chi connectivity index (χ2v) is 6.07. The Morgan fingerprint density at radius 3 is 2.90 bits per heavy atom. The summed E-state index contributed by atoms with van der Waals surface area (Å²) in [5, 5.41) is 4.41. The van der Waals surface area contributed by atoms with Crippen molar-refractivity contribution in [2.45, 2.75) is 70.1 Å². The average molecular weight is 276 g/mol. The van der Waals surface area contributed by atoms with Crippen LogP contribution in [0, 0.1) is 0 Å². The van der Waals surface area contributed by atoms with Gasteiger partial charge in [-0.1, -0.05) is 6.92 Å². The van der Waals surface area contributed by atoms with Crippen molar-refractivity contribution < 1.29 is 4.79 Å². The highest BCUT2D eigenvalue weighted by Gasteiger charge is 2.41. The van der Waals surface area contributed by atoms with Gasteiger partial charge in [0, 0.05) is 36.8 Å². The fourth-order valence-electron chi connectivity index (χ4n) is 3.21. The molecule has 2 fully saturated rings. The first-order valence-corrected chi connectivity index (χ1v) is 7.79. The number of nitrogens with zero attached hydrogens (tertiary/aromatic N) is 3. The lowest BCUT2D eigenvalue weighted by molar-refractivity contribution is -0.133. The minimum absolute atomic E-state index is 0.0168. The number of hydrogen-bond donors (Lipinski definition) is 1. The lowest BCUT2D eigenvalue weighted by Crippen LogP contribution is -2.43. The number of amides is 1. The van der Waals surface area contributed by atoms with Crippen LogP contribution < -0.4 is 5.73 Å². The molecular formula is C15H24N4O. The Hall–Kier alpha value is -1.36. The van der Waals surface area contributed by atoms with Crippen LogP contribution in [0.15, 0.2) is 12.4 Å². The summed E-state index contributed by atoms with van der Waals surface area (Å²) in [6.45, 7) is 3.05. The summed E-state index contributed by atoms with van der Waals surface area (Å²) in [6.07, 6.45) is 9.74. The first kappa shape index (κ1) is 13.6. The van der Waals surface area contributed by atoms with Gasteiger partial charge in [-0.2, -0.15) is 5.10 Å². The van der Waals surface area contributed by atoms with Gasteiger partial charge in [-0.15, -0.1) is 0 Å². The molecule has 2 unspecified atom stereocenters. The fraction of sp³-hybridized carbons (Fsp3) is 0.733. The van der Waals surface area contributed by atoms with E-state index in [0.717, 1.165) is 44.2 Å². The van der Waals surface area contributed by atoms with Crippen molar-refractivity contribution >= 4 is 5.91 Å². The minimum Gasteiger partial charge on any atom is -0.331 e. The first-order chi connectivity index (χ1) is 9.70. The zero-order valence-electron chi connectivity index (χ0n) is 12.2. The van der Waals surface area contributed by atoms with Crippen LogP contribution in [0.5, 0.6) is 0 Å². The summed E-state index contributed by atoms with van der Waals surface area (Å²) in [7, 11) is 0. The molecule has 2 atom stereocenters. The van der Waals surface area contributed by atoms with Gasteiger partial charge in [-0.25, -0.2) is 0 Å². The lowest BCUT2D eigenvalue weighted by atomic mass is 9.99. The second kappa shape index (κ2) is 5.56. The summed E-state index contributed by atoms with van der Waals surface area (Å²) in [5.41, 5.74) is 7.49. The van der Waals surface area contributed by atoms with Gasteiger partial charge in [0.1, 0.15) is 0 Å². The molecule has 2 heterocycles. The molecule has 1 aliphatic carbocycles. The summed E-state index contributed by atoms with van der Waals surface area (Å²) in [6, 6.07) is 0.454. The van der Waals surface area contributed by atoms with Crippen LogP contribution in [0.4, 0.5) is 0 Å². The highest BCUT2D eigenvalue weighted by molar-refractivity contribution is 5.78. The predicted octanol–water partition coefficient (Wildman–Crippen LogP) is 1.84. The van der Waals surface area contributed by atoms with E-state index in [0.29, 0.717) is 12.5 Å². The molecule has 2 N–H and O–H groups in total. The highest BCUT2D eigenvalue weighted by atomic mass is 16.2. The third-order valence-electron chi connectivity index (χ3n) is 4.31. The van der Waals surface area contributed by atoms with E-state index in [1.54, 1.807) is 0 Å². The normalized spacial score (nSPS) is 27.7. The van der Waals surface area contributed by atoms with Crippen molar-refractivity contribution in [3.05, 3.63) is 18.0 Å². The molecule has 2 aliphatic rings. The first-order valence-electron chi connectivity index (χ1n) is 7.79. The molecule has 1 aromatic heterocycles. The smallest absolute Gasteiger partial charge is 0.223 e. The molecule has 110 valence electrons. The molecule has 0 radical (unpaired) electrons. The molecule has 0 aromatic carbocycles. The van der Waals surface area contributed by atoms with Gasteiger partial charge in [0.15, 0.2) is 0 Å². The summed E-state index contributed by atoms with van der Waals surface area (Å²) < 4.78 is 1.96. The molecule has 5 nitrogen and oxygen atoms in total. The Bertz CT molecular complexity index is 480. The number of carbonyl (C=O) groups is 1. The summed E-state index contributed by atoms with van der Waals surface area (Å²) in [5.74, 6) is 0.272. The topological polar surface area (TPSA) is 64.2 Å². The van der Waals surface area contributed by atoms with Crippen LogP contribution in [-0.4, -0.2) is 32.7 Å². The highest BCUT2D eigenvalue weighted by Crippen LogP contribution is 2.39. The van der Waals surface area contributed by atoms with Crippen molar-refractivity contribution in [3.63, 3.8) is 0 Å². The molecule has 1 saturated heterocycles. The minimum atomic E-state index is 0.0168. The molecule has 1 amide bonds. The maximum atomic E-state index is 12.4. The van der Waals surface area contributed by atoms with Crippen LogP contribution in [-0.2, 0) is 11.3 Å². The van der Waals surface area contributed by atoms with Gasteiger partial charge in [0.05, 0.1) is 12.2 Å². The van der Waals surface area contributed by atoms with Crippen molar-refractivity contribution in [2.24, 2.45) is 5.73 Å². The van der Waals surface area contributed by atoms with Crippen LogP contribution in [0.25, 0.3) is 0 Å². The standard InChI is InChI=1S/C15H24N4O/c1-2-8-18-10-11(9-17-18)15-13(16)4-3-5-14(20)19(15)12-6-7-12/h9-10,12-13,15H,2-8,16H2,1H3. The van der Waals surface area contributed by atoms with E-state index >= 15 is 0 Å². The maximum absolute atomic E-state index is 12.4. The van der Waals surface area contributed by atoms with Crippen LogP contribution in [0.3, 0.4) is 0 Å². The van der Waals surface area contributed by atoms with Crippen molar-refractivity contribution in [1.29, 1.82) is 0 Å².